The van der Waals surface area contributed by atoms with E-state index in [1.807, 2.05) is 31.2 Å². The maximum Gasteiger partial charge on any atom is 0.153 e. The lowest BCUT2D eigenvalue weighted by Gasteiger charge is -2.13. The number of rotatable bonds is 4. The average Bonchev–Trinajstić information content (AvgIpc) is 2.93. The minimum Gasteiger partial charge on any atom is -0.483 e. The predicted molar refractivity (Wildman–Crippen MR) is 90.4 cm³/mol. The number of nitrogens with one attached hydrogen (secondary N) is 1. The van der Waals surface area contributed by atoms with E-state index in [2.05, 4.69) is 48.9 Å². The molecule has 0 amide bonds. The van der Waals surface area contributed by atoms with Gasteiger partial charge in [0.2, 0.25) is 0 Å². The van der Waals surface area contributed by atoms with Crippen molar-refractivity contribution in [2.75, 3.05) is 0 Å². The monoisotopic (exact) mass is 294 g/mol. The number of aromatic nitrogens is 2. The molecule has 0 aliphatic carbocycles. The number of aryl methyl sites for hydroxylation is 1. The first-order chi connectivity index (χ1) is 10.5. The Labute approximate surface area is 131 Å². The highest BCUT2D eigenvalue weighted by Gasteiger charge is 2.13. The zero-order valence-electron chi connectivity index (χ0n) is 13.6. The van der Waals surface area contributed by atoms with Crippen LogP contribution in [0.5, 0.6) is 5.75 Å². The van der Waals surface area contributed by atoms with Gasteiger partial charge >= 0.3 is 0 Å². The van der Waals surface area contributed by atoms with Crippen LogP contribution in [-0.4, -0.2) is 9.97 Å². The third-order valence-corrected chi connectivity index (χ3v) is 3.98. The van der Waals surface area contributed by atoms with Crippen LogP contribution in [0, 0.1) is 6.92 Å². The molecule has 0 aliphatic heterocycles. The van der Waals surface area contributed by atoms with E-state index in [0.717, 1.165) is 22.6 Å². The lowest BCUT2D eigenvalue weighted by molar-refractivity contribution is 0.218. The standard InChI is InChI=1S/C19H22N2O/c1-12(2)15-8-10-16(11-9-15)22-14(4)19-20-17-7-5-6-13(3)18(17)21-19/h5-12,14H,1-4H3,(H,20,21)/t14-/m0/s1. The number of hydrogen-bond acceptors (Lipinski definition) is 2. The second-order valence-corrected chi connectivity index (χ2v) is 6.08. The fourth-order valence-electron chi connectivity index (χ4n) is 2.58. The fraction of sp³-hybridized carbons (Fsp3) is 0.316. The zero-order chi connectivity index (χ0) is 15.7. The predicted octanol–water partition coefficient (Wildman–Crippen LogP) is 5.13. The molecule has 1 heterocycles. The molecule has 1 N–H and O–H groups in total. The Morgan fingerprint density at radius 3 is 2.36 bits per heavy atom. The van der Waals surface area contributed by atoms with Crippen LogP contribution in [0.3, 0.4) is 0 Å². The van der Waals surface area contributed by atoms with Gasteiger partial charge in [0.25, 0.3) is 0 Å². The summed E-state index contributed by atoms with van der Waals surface area (Å²) in [5.41, 5.74) is 4.57. The topological polar surface area (TPSA) is 37.9 Å². The van der Waals surface area contributed by atoms with Gasteiger partial charge in [-0.15, -0.1) is 0 Å². The molecule has 114 valence electrons. The number of nitrogens with zero attached hydrogens (tertiary/aromatic N) is 1. The molecule has 2 aromatic carbocycles. The zero-order valence-corrected chi connectivity index (χ0v) is 13.6. The summed E-state index contributed by atoms with van der Waals surface area (Å²) in [6, 6.07) is 14.5. The van der Waals surface area contributed by atoms with E-state index in [1.54, 1.807) is 0 Å². The van der Waals surface area contributed by atoms with Gasteiger partial charge in [-0.2, -0.15) is 0 Å². The Morgan fingerprint density at radius 1 is 1.00 bits per heavy atom. The molecule has 0 saturated carbocycles. The Morgan fingerprint density at radius 2 is 1.73 bits per heavy atom. The number of aromatic amines is 1. The van der Waals surface area contributed by atoms with Crippen molar-refractivity contribution in [3.05, 3.63) is 59.4 Å². The van der Waals surface area contributed by atoms with Crippen LogP contribution in [0.25, 0.3) is 11.0 Å². The van der Waals surface area contributed by atoms with Crippen LogP contribution in [0.15, 0.2) is 42.5 Å². The minimum absolute atomic E-state index is 0.114. The smallest absolute Gasteiger partial charge is 0.153 e. The van der Waals surface area contributed by atoms with Gasteiger partial charge in [0.15, 0.2) is 6.10 Å². The highest BCUT2D eigenvalue weighted by Crippen LogP contribution is 2.25. The highest BCUT2D eigenvalue weighted by molar-refractivity contribution is 5.78. The number of fused-ring (bicyclic) bond motifs is 1. The first-order valence-electron chi connectivity index (χ1n) is 7.76. The number of H-pyrrole nitrogens is 1. The largest absolute Gasteiger partial charge is 0.483 e. The van der Waals surface area contributed by atoms with Crippen molar-refractivity contribution in [1.29, 1.82) is 0 Å². The molecule has 3 aromatic rings. The third kappa shape index (κ3) is 2.84. The second-order valence-electron chi connectivity index (χ2n) is 6.08. The van der Waals surface area contributed by atoms with Gasteiger partial charge < -0.3 is 9.72 Å². The maximum absolute atomic E-state index is 6.01. The van der Waals surface area contributed by atoms with E-state index in [-0.39, 0.29) is 6.10 Å². The van der Waals surface area contributed by atoms with Crippen molar-refractivity contribution in [1.82, 2.24) is 9.97 Å². The first-order valence-corrected chi connectivity index (χ1v) is 7.76. The van der Waals surface area contributed by atoms with Crippen molar-refractivity contribution >= 4 is 11.0 Å². The molecule has 0 saturated heterocycles. The normalized spacial score (nSPS) is 12.8. The Hall–Kier alpha value is -2.29. The van der Waals surface area contributed by atoms with Gasteiger partial charge in [0.05, 0.1) is 11.0 Å². The molecule has 3 heteroatoms. The van der Waals surface area contributed by atoms with Crippen molar-refractivity contribution in [3.8, 4) is 5.75 Å². The molecule has 22 heavy (non-hydrogen) atoms. The summed E-state index contributed by atoms with van der Waals surface area (Å²) in [7, 11) is 0. The molecule has 0 spiro atoms. The van der Waals surface area contributed by atoms with Gasteiger partial charge in [-0.1, -0.05) is 38.1 Å². The summed E-state index contributed by atoms with van der Waals surface area (Å²) in [5.74, 6) is 2.26. The van der Waals surface area contributed by atoms with E-state index in [9.17, 15) is 0 Å². The fourth-order valence-corrected chi connectivity index (χ4v) is 2.58. The molecule has 3 nitrogen and oxygen atoms in total. The minimum atomic E-state index is -0.114. The SMILES string of the molecule is Cc1cccc2[nH]c([C@H](C)Oc3ccc(C(C)C)cc3)nc12. The number of hydrogen-bond donors (Lipinski definition) is 1. The van der Waals surface area contributed by atoms with E-state index in [1.165, 1.54) is 11.1 Å². The van der Waals surface area contributed by atoms with Crippen LogP contribution in [-0.2, 0) is 0 Å². The van der Waals surface area contributed by atoms with Crippen molar-refractivity contribution in [2.24, 2.45) is 0 Å². The van der Waals surface area contributed by atoms with E-state index < -0.39 is 0 Å². The summed E-state index contributed by atoms with van der Waals surface area (Å²) in [6.45, 7) is 8.47. The summed E-state index contributed by atoms with van der Waals surface area (Å²) in [5, 5.41) is 0. The molecule has 0 bridgehead atoms. The molecule has 0 aliphatic rings. The third-order valence-electron chi connectivity index (χ3n) is 3.98. The van der Waals surface area contributed by atoms with Gasteiger partial charge in [-0.3, -0.25) is 0 Å². The van der Waals surface area contributed by atoms with Crippen LogP contribution < -0.4 is 4.74 Å². The Bertz CT molecular complexity index is 772. The number of imidazole rings is 1. The highest BCUT2D eigenvalue weighted by atomic mass is 16.5. The summed E-state index contributed by atoms with van der Waals surface area (Å²) in [6.07, 6.45) is -0.114. The summed E-state index contributed by atoms with van der Waals surface area (Å²) < 4.78 is 6.01. The molecular formula is C19H22N2O. The number of para-hydroxylation sites is 1. The lowest BCUT2D eigenvalue weighted by atomic mass is 10.0. The Balaban J connectivity index is 1.80. The van der Waals surface area contributed by atoms with Crippen LogP contribution in [0.4, 0.5) is 0 Å². The molecule has 1 aromatic heterocycles. The maximum atomic E-state index is 6.01. The summed E-state index contributed by atoms with van der Waals surface area (Å²) >= 11 is 0. The summed E-state index contributed by atoms with van der Waals surface area (Å²) in [4.78, 5) is 8.02. The van der Waals surface area contributed by atoms with Gasteiger partial charge in [0.1, 0.15) is 11.6 Å². The average molecular weight is 294 g/mol. The molecular weight excluding hydrogens is 272 g/mol. The molecule has 1 atom stereocenters. The van der Waals surface area contributed by atoms with E-state index in [0.29, 0.717) is 5.92 Å². The molecule has 3 rings (SSSR count). The second kappa shape index (κ2) is 5.84. The lowest BCUT2D eigenvalue weighted by Crippen LogP contribution is -2.05. The van der Waals surface area contributed by atoms with Crippen LogP contribution in [0.2, 0.25) is 0 Å². The van der Waals surface area contributed by atoms with Crippen LogP contribution >= 0.6 is 0 Å². The Kier molecular flexibility index (Phi) is 3.88. The van der Waals surface area contributed by atoms with Gasteiger partial charge in [0, 0.05) is 0 Å². The molecule has 0 radical (unpaired) electrons. The van der Waals surface area contributed by atoms with E-state index >= 15 is 0 Å². The number of ether oxygens (including phenoxy) is 1. The number of benzene rings is 2. The first kappa shape index (κ1) is 14.6. The van der Waals surface area contributed by atoms with Gasteiger partial charge in [-0.05, 0) is 49.1 Å². The quantitative estimate of drug-likeness (QED) is 0.724. The van der Waals surface area contributed by atoms with Crippen molar-refractivity contribution < 1.29 is 4.74 Å². The molecule has 0 unspecified atom stereocenters. The van der Waals surface area contributed by atoms with Crippen molar-refractivity contribution in [3.63, 3.8) is 0 Å². The van der Waals surface area contributed by atoms with Gasteiger partial charge in [-0.25, -0.2) is 4.98 Å². The van der Waals surface area contributed by atoms with E-state index in [4.69, 9.17) is 4.74 Å². The van der Waals surface area contributed by atoms with Crippen molar-refractivity contribution in [2.45, 2.75) is 39.7 Å². The van der Waals surface area contributed by atoms with Crippen LogP contribution in [0.1, 0.15) is 49.7 Å². The molecule has 0 fully saturated rings.